The van der Waals surface area contributed by atoms with Gasteiger partial charge in [-0.05, 0) is 0 Å². The van der Waals surface area contributed by atoms with Crippen molar-refractivity contribution in [3.8, 4) is 0 Å². The van der Waals surface area contributed by atoms with Crippen LogP contribution in [0.15, 0.2) is 24.3 Å². The Kier molecular flexibility index (Phi) is 7.67. The van der Waals surface area contributed by atoms with E-state index in [1.807, 2.05) is 26.0 Å². The third kappa shape index (κ3) is 5.70. The molecule has 5 nitrogen and oxygen atoms in total. The fourth-order valence-corrected chi connectivity index (χ4v) is 3.62. The van der Waals surface area contributed by atoms with E-state index in [1.165, 1.54) is 0 Å². The van der Waals surface area contributed by atoms with Crippen LogP contribution in [0, 0.1) is 10.1 Å². The van der Waals surface area contributed by atoms with Crippen molar-refractivity contribution in [2.75, 3.05) is 13.2 Å². The Labute approximate surface area is 119 Å². The summed E-state index contributed by atoms with van der Waals surface area (Å²) in [5.74, 6) is 0. The van der Waals surface area contributed by atoms with Crippen LogP contribution in [-0.4, -0.2) is 39.4 Å². The molecule has 0 aliphatic carbocycles. The van der Waals surface area contributed by atoms with E-state index in [9.17, 15) is 10.1 Å². The van der Waals surface area contributed by atoms with E-state index >= 15 is 0 Å². The predicted molar refractivity (Wildman–Crippen MR) is 74.4 cm³/mol. The quantitative estimate of drug-likeness (QED) is 0.302. The SMILES string of the molecule is CCOC(C[Se]Cc1ccccc1[N+](=O)[O-])OCC. The number of hydrogen-bond donors (Lipinski definition) is 0. The molecule has 0 aromatic heterocycles. The molecule has 0 fully saturated rings. The van der Waals surface area contributed by atoms with E-state index in [-0.39, 0.29) is 31.9 Å². The predicted octanol–water partition coefficient (Wildman–Crippen LogP) is 2.62. The van der Waals surface area contributed by atoms with Crippen LogP contribution in [0.1, 0.15) is 19.4 Å². The van der Waals surface area contributed by atoms with E-state index in [4.69, 9.17) is 9.47 Å². The van der Waals surface area contributed by atoms with Gasteiger partial charge < -0.3 is 0 Å². The number of rotatable bonds is 9. The normalized spacial score (nSPS) is 10.9. The molecule has 106 valence electrons. The molecular formula is C13H19NO4Se. The first-order valence-corrected chi connectivity index (χ1v) is 8.64. The van der Waals surface area contributed by atoms with Crippen molar-refractivity contribution in [3.63, 3.8) is 0 Å². The van der Waals surface area contributed by atoms with Crippen LogP contribution in [0.25, 0.3) is 0 Å². The molecule has 0 heterocycles. The average Bonchev–Trinajstić information content (AvgIpc) is 2.39. The van der Waals surface area contributed by atoms with E-state index in [0.717, 1.165) is 16.2 Å². The summed E-state index contributed by atoms with van der Waals surface area (Å²) in [6.45, 7) is 5.10. The van der Waals surface area contributed by atoms with Gasteiger partial charge in [0.25, 0.3) is 0 Å². The molecule has 1 rings (SSSR count). The van der Waals surface area contributed by atoms with E-state index in [0.29, 0.717) is 13.2 Å². The number of para-hydroxylation sites is 1. The van der Waals surface area contributed by atoms with Gasteiger partial charge in [0.1, 0.15) is 0 Å². The zero-order valence-electron chi connectivity index (χ0n) is 11.2. The van der Waals surface area contributed by atoms with Crippen molar-refractivity contribution in [2.45, 2.75) is 30.8 Å². The van der Waals surface area contributed by atoms with Crippen molar-refractivity contribution in [3.05, 3.63) is 39.9 Å². The molecule has 0 amide bonds. The van der Waals surface area contributed by atoms with Crippen LogP contribution in [0.4, 0.5) is 5.69 Å². The second-order valence-corrected chi connectivity index (χ2v) is 5.90. The van der Waals surface area contributed by atoms with Gasteiger partial charge in [-0.15, -0.1) is 0 Å². The summed E-state index contributed by atoms with van der Waals surface area (Å²) in [5, 5.41) is 12.4. The van der Waals surface area contributed by atoms with Crippen molar-refractivity contribution < 1.29 is 14.4 Å². The van der Waals surface area contributed by atoms with Gasteiger partial charge in [-0.2, -0.15) is 0 Å². The molecule has 0 saturated heterocycles. The van der Waals surface area contributed by atoms with E-state index in [1.54, 1.807) is 12.1 Å². The molecule has 1 aromatic rings. The van der Waals surface area contributed by atoms with Crippen molar-refractivity contribution in [1.29, 1.82) is 0 Å². The summed E-state index contributed by atoms with van der Waals surface area (Å²) in [5.41, 5.74) is 0.994. The van der Waals surface area contributed by atoms with E-state index < -0.39 is 0 Å². The second kappa shape index (κ2) is 9.04. The van der Waals surface area contributed by atoms with Crippen LogP contribution in [0.2, 0.25) is 5.32 Å². The molecule has 0 N–H and O–H groups in total. The number of nitrogens with zero attached hydrogens (tertiary/aromatic N) is 1. The Hall–Kier alpha value is -0.941. The van der Waals surface area contributed by atoms with Gasteiger partial charge in [0.2, 0.25) is 0 Å². The van der Waals surface area contributed by atoms with Crippen molar-refractivity contribution in [2.24, 2.45) is 0 Å². The molecule has 0 radical (unpaired) electrons. The third-order valence-corrected chi connectivity index (χ3v) is 4.55. The Bertz CT molecular complexity index is 394. The number of benzene rings is 1. The molecule has 19 heavy (non-hydrogen) atoms. The molecule has 1 aromatic carbocycles. The maximum atomic E-state index is 10.9. The number of nitro groups is 1. The second-order valence-electron chi connectivity index (χ2n) is 3.74. The minimum absolute atomic E-state index is 0.183. The fraction of sp³-hybridized carbons (Fsp3) is 0.538. The first kappa shape index (κ1) is 16.1. The van der Waals surface area contributed by atoms with Crippen molar-refractivity contribution >= 4 is 20.6 Å². The van der Waals surface area contributed by atoms with Crippen LogP contribution in [-0.2, 0) is 14.8 Å². The first-order valence-electron chi connectivity index (χ1n) is 6.22. The molecule has 0 atom stereocenters. The van der Waals surface area contributed by atoms with Crippen LogP contribution < -0.4 is 0 Å². The van der Waals surface area contributed by atoms with Gasteiger partial charge in [-0.25, -0.2) is 0 Å². The summed E-state index contributed by atoms with van der Waals surface area (Å²) in [6, 6.07) is 6.89. The van der Waals surface area contributed by atoms with Crippen LogP contribution in [0.3, 0.4) is 0 Å². The summed E-state index contributed by atoms with van der Waals surface area (Å²) in [7, 11) is 0. The van der Waals surface area contributed by atoms with Crippen LogP contribution in [0.5, 0.6) is 0 Å². The number of ether oxygens (including phenoxy) is 2. The average molecular weight is 332 g/mol. The summed E-state index contributed by atoms with van der Waals surface area (Å²) < 4.78 is 10.9. The zero-order chi connectivity index (χ0) is 14.1. The molecule has 0 saturated carbocycles. The van der Waals surface area contributed by atoms with Gasteiger partial charge in [-0.3, -0.25) is 0 Å². The van der Waals surface area contributed by atoms with Crippen molar-refractivity contribution in [1.82, 2.24) is 0 Å². The van der Waals surface area contributed by atoms with Gasteiger partial charge in [0, 0.05) is 0 Å². The topological polar surface area (TPSA) is 61.6 Å². The van der Waals surface area contributed by atoms with Gasteiger partial charge in [-0.1, -0.05) is 0 Å². The Morgan fingerprint density at radius 3 is 2.47 bits per heavy atom. The van der Waals surface area contributed by atoms with Gasteiger partial charge in [0.15, 0.2) is 0 Å². The standard InChI is InChI=1S/C13H19NO4Se/c1-3-17-13(18-4-2)10-19-9-11-7-5-6-8-12(11)14(15)16/h5-8,13H,3-4,9-10H2,1-2H3. The van der Waals surface area contributed by atoms with Gasteiger partial charge >= 0.3 is 119 Å². The molecule has 0 aliphatic heterocycles. The monoisotopic (exact) mass is 333 g/mol. The molecule has 6 heteroatoms. The summed E-state index contributed by atoms with van der Waals surface area (Å²) >= 11 is 0.223. The fourth-order valence-electron chi connectivity index (χ4n) is 1.59. The number of hydrogen-bond acceptors (Lipinski definition) is 4. The van der Waals surface area contributed by atoms with Gasteiger partial charge in [0.05, 0.1) is 0 Å². The third-order valence-electron chi connectivity index (χ3n) is 2.40. The Balaban J connectivity index is 2.50. The number of nitro benzene ring substituents is 1. The molecule has 0 spiro atoms. The van der Waals surface area contributed by atoms with E-state index in [2.05, 4.69) is 0 Å². The Morgan fingerprint density at radius 2 is 1.89 bits per heavy atom. The summed E-state index contributed by atoms with van der Waals surface area (Å²) in [6.07, 6.45) is -0.183. The molecule has 0 bridgehead atoms. The van der Waals surface area contributed by atoms with Crippen LogP contribution >= 0.6 is 0 Å². The zero-order valence-corrected chi connectivity index (χ0v) is 12.9. The molecular weight excluding hydrogens is 313 g/mol. The summed E-state index contributed by atoms with van der Waals surface area (Å²) in [4.78, 5) is 10.6. The molecule has 0 unspecified atom stereocenters. The molecule has 0 aliphatic rings. The Morgan fingerprint density at radius 1 is 1.26 bits per heavy atom. The maximum absolute atomic E-state index is 10.9. The minimum atomic E-state index is -0.325. The first-order chi connectivity index (χ1) is 9.19.